The van der Waals surface area contributed by atoms with Crippen molar-refractivity contribution in [2.45, 2.75) is 13.3 Å². The van der Waals surface area contributed by atoms with Gasteiger partial charge in [-0.05, 0) is 41.4 Å². The average Bonchev–Trinajstić information content (AvgIpc) is 2.22. The standard InChI is InChI=1S/C11H13BrClNO/c1-8-3-4-10(12)9(7-8)11(15)14-6-2-5-13/h3-4,7H,2,5-6H2,1H3,(H,14,15). The molecular formula is C11H13BrClNO. The molecule has 1 aromatic carbocycles. The first kappa shape index (κ1) is 12.5. The summed E-state index contributed by atoms with van der Waals surface area (Å²) in [6, 6.07) is 5.70. The summed E-state index contributed by atoms with van der Waals surface area (Å²) in [4.78, 5) is 11.7. The second-order valence-electron chi connectivity index (χ2n) is 3.28. The summed E-state index contributed by atoms with van der Waals surface area (Å²) in [7, 11) is 0. The Kier molecular flexibility index (Phi) is 5.12. The van der Waals surface area contributed by atoms with Crippen molar-refractivity contribution in [2.75, 3.05) is 12.4 Å². The highest BCUT2D eigenvalue weighted by Crippen LogP contribution is 2.17. The second-order valence-corrected chi connectivity index (χ2v) is 4.51. The van der Waals surface area contributed by atoms with Crippen LogP contribution in [0.3, 0.4) is 0 Å². The Morgan fingerprint density at radius 1 is 1.53 bits per heavy atom. The number of carbonyl (C=O) groups excluding carboxylic acids is 1. The van der Waals surface area contributed by atoms with Gasteiger partial charge in [-0.3, -0.25) is 4.79 Å². The minimum atomic E-state index is -0.0595. The molecule has 0 saturated carbocycles. The lowest BCUT2D eigenvalue weighted by Gasteiger charge is -2.06. The third-order valence-corrected chi connectivity index (χ3v) is 2.92. The molecule has 0 unspecified atom stereocenters. The lowest BCUT2D eigenvalue weighted by molar-refractivity contribution is 0.0953. The zero-order valence-electron chi connectivity index (χ0n) is 8.52. The van der Waals surface area contributed by atoms with Crippen LogP contribution in [0, 0.1) is 6.92 Å². The first-order chi connectivity index (χ1) is 7.15. The van der Waals surface area contributed by atoms with Crippen LogP contribution in [0.15, 0.2) is 22.7 Å². The molecular weight excluding hydrogens is 277 g/mol. The second kappa shape index (κ2) is 6.13. The molecule has 0 spiro atoms. The fraction of sp³-hybridized carbons (Fsp3) is 0.364. The van der Waals surface area contributed by atoms with E-state index in [4.69, 9.17) is 11.6 Å². The van der Waals surface area contributed by atoms with Crippen molar-refractivity contribution in [1.29, 1.82) is 0 Å². The molecule has 0 bridgehead atoms. The summed E-state index contributed by atoms with van der Waals surface area (Å²) in [5.74, 6) is 0.505. The van der Waals surface area contributed by atoms with Crippen LogP contribution in [-0.4, -0.2) is 18.3 Å². The number of alkyl halides is 1. The van der Waals surface area contributed by atoms with E-state index in [2.05, 4.69) is 21.2 Å². The van der Waals surface area contributed by atoms with E-state index < -0.39 is 0 Å². The maximum atomic E-state index is 11.7. The summed E-state index contributed by atoms with van der Waals surface area (Å²) in [6.45, 7) is 2.57. The number of hydrogen-bond donors (Lipinski definition) is 1. The molecule has 1 aromatic rings. The number of aryl methyl sites for hydroxylation is 1. The van der Waals surface area contributed by atoms with Crippen LogP contribution < -0.4 is 5.32 Å². The molecule has 15 heavy (non-hydrogen) atoms. The fourth-order valence-corrected chi connectivity index (χ4v) is 1.74. The van der Waals surface area contributed by atoms with Gasteiger partial charge in [0.25, 0.3) is 5.91 Å². The van der Waals surface area contributed by atoms with E-state index in [-0.39, 0.29) is 5.91 Å². The van der Waals surface area contributed by atoms with E-state index in [1.165, 1.54) is 0 Å². The third kappa shape index (κ3) is 3.84. The number of carbonyl (C=O) groups is 1. The molecule has 82 valence electrons. The van der Waals surface area contributed by atoms with E-state index in [1.807, 2.05) is 25.1 Å². The molecule has 0 fully saturated rings. The van der Waals surface area contributed by atoms with Crippen LogP contribution >= 0.6 is 27.5 Å². The van der Waals surface area contributed by atoms with Gasteiger partial charge in [0.2, 0.25) is 0 Å². The molecule has 2 nitrogen and oxygen atoms in total. The predicted molar refractivity (Wildman–Crippen MR) is 66.5 cm³/mol. The highest BCUT2D eigenvalue weighted by Gasteiger charge is 2.08. The largest absolute Gasteiger partial charge is 0.352 e. The van der Waals surface area contributed by atoms with Gasteiger partial charge in [-0.1, -0.05) is 11.6 Å². The average molecular weight is 291 g/mol. The first-order valence-corrected chi connectivity index (χ1v) is 6.08. The Morgan fingerprint density at radius 3 is 2.93 bits per heavy atom. The Hall–Kier alpha value is -0.540. The summed E-state index contributed by atoms with van der Waals surface area (Å²) in [5, 5.41) is 2.81. The molecule has 1 rings (SSSR count). The monoisotopic (exact) mass is 289 g/mol. The molecule has 0 heterocycles. The van der Waals surface area contributed by atoms with Crippen molar-refractivity contribution in [3.8, 4) is 0 Å². The zero-order valence-corrected chi connectivity index (χ0v) is 10.9. The van der Waals surface area contributed by atoms with Gasteiger partial charge < -0.3 is 5.32 Å². The maximum absolute atomic E-state index is 11.7. The molecule has 1 N–H and O–H groups in total. The topological polar surface area (TPSA) is 29.1 Å². The number of rotatable bonds is 4. The van der Waals surface area contributed by atoms with E-state index in [0.29, 0.717) is 18.0 Å². The van der Waals surface area contributed by atoms with Gasteiger partial charge in [0, 0.05) is 16.9 Å². The number of halogens is 2. The van der Waals surface area contributed by atoms with Gasteiger partial charge in [0.05, 0.1) is 5.56 Å². The quantitative estimate of drug-likeness (QED) is 0.670. The van der Waals surface area contributed by atoms with Crippen molar-refractivity contribution < 1.29 is 4.79 Å². The van der Waals surface area contributed by atoms with Crippen molar-refractivity contribution in [1.82, 2.24) is 5.32 Å². The molecule has 0 saturated heterocycles. The molecule has 0 aromatic heterocycles. The summed E-state index contributed by atoms with van der Waals surface area (Å²) in [6.07, 6.45) is 0.788. The van der Waals surface area contributed by atoms with Gasteiger partial charge in [-0.25, -0.2) is 0 Å². The maximum Gasteiger partial charge on any atom is 0.252 e. The lowest BCUT2D eigenvalue weighted by atomic mass is 10.1. The van der Waals surface area contributed by atoms with Crippen LogP contribution in [0.5, 0.6) is 0 Å². The molecule has 0 aliphatic carbocycles. The van der Waals surface area contributed by atoms with Crippen LogP contribution in [0.4, 0.5) is 0 Å². The number of benzene rings is 1. The van der Waals surface area contributed by atoms with Gasteiger partial charge in [0.1, 0.15) is 0 Å². The highest BCUT2D eigenvalue weighted by atomic mass is 79.9. The number of amides is 1. The molecule has 1 amide bonds. The van der Waals surface area contributed by atoms with Crippen LogP contribution in [-0.2, 0) is 0 Å². The van der Waals surface area contributed by atoms with Crippen molar-refractivity contribution in [3.05, 3.63) is 33.8 Å². The van der Waals surface area contributed by atoms with Gasteiger partial charge in [-0.2, -0.15) is 0 Å². The Balaban J connectivity index is 2.68. The fourth-order valence-electron chi connectivity index (χ4n) is 1.18. The van der Waals surface area contributed by atoms with Crippen LogP contribution in [0.25, 0.3) is 0 Å². The van der Waals surface area contributed by atoms with Gasteiger partial charge in [-0.15, -0.1) is 11.6 Å². The van der Waals surface area contributed by atoms with Crippen molar-refractivity contribution in [2.24, 2.45) is 0 Å². The number of nitrogens with one attached hydrogen (secondary N) is 1. The molecule has 4 heteroatoms. The van der Waals surface area contributed by atoms with Crippen LogP contribution in [0.2, 0.25) is 0 Å². The smallest absolute Gasteiger partial charge is 0.252 e. The van der Waals surface area contributed by atoms with E-state index >= 15 is 0 Å². The van der Waals surface area contributed by atoms with Crippen molar-refractivity contribution >= 4 is 33.4 Å². The Labute approximate surface area is 103 Å². The molecule has 0 aliphatic heterocycles. The molecule has 0 aliphatic rings. The summed E-state index contributed by atoms with van der Waals surface area (Å²) < 4.78 is 0.816. The predicted octanol–water partition coefficient (Wildman–Crippen LogP) is 3.12. The van der Waals surface area contributed by atoms with Gasteiger partial charge in [0.15, 0.2) is 0 Å². The highest BCUT2D eigenvalue weighted by molar-refractivity contribution is 9.10. The Bertz CT molecular complexity index is 354. The van der Waals surface area contributed by atoms with Gasteiger partial charge >= 0.3 is 0 Å². The number of hydrogen-bond acceptors (Lipinski definition) is 1. The summed E-state index contributed by atoms with van der Waals surface area (Å²) in [5.41, 5.74) is 1.74. The minimum absolute atomic E-state index is 0.0595. The molecule has 0 atom stereocenters. The normalized spacial score (nSPS) is 10.1. The first-order valence-electron chi connectivity index (χ1n) is 4.75. The SMILES string of the molecule is Cc1ccc(Br)c(C(=O)NCCCCl)c1. The third-order valence-electron chi connectivity index (χ3n) is 1.96. The zero-order chi connectivity index (χ0) is 11.3. The van der Waals surface area contributed by atoms with E-state index in [9.17, 15) is 4.79 Å². The van der Waals surface area contributed by atoms with E-state index in [1.54, 1.807) is 0 Å². The van der Waals surface area contributed by atoms with Crippen molar-refractivity contribution in [3.63, 3.8) is 0 Å². The van der Waals surface area contributed by atoms with Crippen LogP contribution in [0.1, 0.15) is 22.3 Å². The summed E-state index contributed by atoms with van der Waals surface area (Å²) >= 11 is 8.88. The minimum Gasteiger partial charge on any atom is -0.352 e. The van der Waals surface area contributed by atoms with E-state index in [0.717, 1.165) is 16.5 Å². The lowest BCUT2D eigenvalue weighted by Crippen LogP contribution is -2.25. The Morgan fingerprint density at radius 2 is 2.27 bits per heavy atom. The molecule has 0 radical (unpaired) electrons.